The van der Waals surface area contributed by atoms with Crippen LogP contribution in [0.3, 0.4) is 0 Å². The van der Waals surface area contributed by atoms with E-state index in [9.17, 15) is 8.42 Å². The first-order valence-electron chi connectivity index (χ1n) is 6.68. The largest absolute Gasteiger partial charge is 0.486 e. The molecule has 0 aliphatic carbocycles. The van der Waals surface area contributed by atoms with Crippen LogP contribution in [0.25, 0.3) is 0 Å². The molecule has 0 amide bonds. The number of sulfonamides is 1. The van der Waals surface area contributed by atoms with Crippen molar-refractivity contribution in [3.05, 3.63) is 52.5 Å². The fourth-order valence-electron chi connectivity index (χ4n) is 2.09. The van der Waals surface area contributed by atoms with E-state index in [1.807, 2.05) is 6.07 Å². The van der Waals surface area contributed by atoms with Crippen molar-refractivity contribution >= 4 is 26.0 Å². The van der Waals surface area contributed by atoms with Crippen LogP contribution in [0, 0.1) is 0 Å². The van der Waals surface area contributed by atoms with E-state index in [1.54, 1.807) is 36.4 Å². The van der Waals surface area contributed by atoms with Crippen molar-refractivity contribution < 1.29 is 17.9 Å². The predicted molar refractivity (Wildman–Crippen MR) is 85.6 cm³/mol. The van der Waals surface area contributed by atoms with Crippen LogP contribution in [0.5, 0.6) is 11.5 Å². The highest BCUT2D eigenvalue weighted by molar-refractivity contribution is 9.10. The summed E-state index contributed by atoms with van der Waals surface area (Å²) in [6, 6.07) is 12.0. The molecule has 3 rings (SSSR count). The van der Waals surface area contributed by atoms with Gasteiger partial charge in [0.1, 0.15) is 13.2 Å². The standard InChI is InChI=1S/C15H14BrNO4S/c16-12-2-1-3-13(9-12)22(18,19)17-10-11-4-5-14-15(8-11)21-7-6-20-14/h1-5,8-9,17H,6-7,10H2. The highest BCUT2D eigenvalue weighted by Crippen LogP contribution is 2.30. The number of hydrogen-bond donors (Lipinski definition) is 1. The highest BCUT2D eigenvalue weighted by Gasteiger charge is 2.16. The molecule has 0 radical (unpaired) electrons. The molecule has 0 saturated heterocycles. The maximum atomic E-state index is 12.3. The van der Waals surface area contributed by atoms with Crippen molar-refractivity contribution in [1.82, 2.24) is 4.72 Å². The molecule has 2 aromatic carbocycles. The number of rotatable bonds is 4. The summed E-state index contributed by atoms with van der Waals surface area (Å²) < 4.78 is 38.7. The fourth-order valence-corrected chi connectivity index (χ4v) is 3.71. The van der Waals surface area contributed by atoms with Gasteiger partial charge in [-0.25, -0.2) is 13.1 Å². The summed E-state index contributed by atoms with van der Waals surface area (Å²) in [5, 5.41) is 0. The summed E-state index contributed by atoms with van der Waals surface area (Å²) in [6.07, 6.45) is 0. The van der Waals surface area contributed by atoms with Crippen molar-refractivity contribution in [3.8, 4) is 11.5 Å². The second kappa shape index (κ2) is 6.28. The van der Waals surface area contributed by atoms with Crippen molar-refractivity contribution in [1.29, 1.82) is 0 Å². The first kappa shape index (κ1) is 15.3. The first-order chi connectivity index (χ1) is 10.5. The molecule has 1 heterocycles. The van der Waals surface area contributed by atoms with E-state index < -0.39 is 10.0 Å². The van der Waals surface area contributed by atoms with Gasteiger partial charge in [-0.1, -0.05) is 28.1 Å². The van der Waals surface area contributed by atoms with E-state index in [0.717, 1.165) is 10.0 Å². The van der Waals surface area contributed by atoms with Gasteiger partial charge >= 0.3 is 0 Å². The van der Waals surface area contributed by atoms with E-state index in [0.29, 0.717) is 24.7 Å². The van der Waals surface area contributed by atoms with Gasteiger partial charge < -0.3 is 9.47 Å². The highest BCUT2D eigenvalue weighted by atomic mass is 79.9. The van der Waals surface area contributed by atoms with E-state index in [2.05, 4.69) is 20.7 Å². The summed E-state index contributed by atoms with van der Waals surface area (Å²) in [6.45, 7) is 1.22. The smallest absolute Gasteiger partial charge is 0.240 e. The van der Waals surface area contributed by atoms with Gasteiger partial charge in [-0.2, -0.15) is 0 Å². The monoisotopic (exact) mass is 383 g/mol. The molecule has 0 unspecified atom stereocenters. The molecular weight excluding hydrogens is 370 g/mol. The van der Waals surface area contributed by atoms with Gasteiger partial charge in [0, 0.05) is 11.0 Å². The van der Waals surface area contributed by atoms with Crippen LogP contribution in [-0.4, -0.2) is 21.6 Å². The minimum absolute atomic E-state index is 0.186. The van der Waals surface area contributed by atoms with Crippen molar-refractivity contribution in [2.24, 2.45) is 0 Å². The molecule has 1 N–H and O–H groups in total. The Labute approximate surface area is 137 Å². The molecular formula is C15H14BrNO4S. The lowest BCUT2D eigenvalue weighted by Crippen LogP contribution is -2.23. The van der Waals surface area contributed by atoms with Crippen LogP contribution in [-0.2, 0) is 16.6 Å². The first-order valence-corrected chi connectivity index (χ1v) is 8.96. The Kier molecular flexibility index (Phi) is 4.37. The zero-order valence-corrected chi connectivity index (χ0v) is 14.0. The molecule has 2 aromatic rings. The Morgan fingerprint density at radius 3 is 2.59 bits per heavy atom. The maximum absolute atomic E-state index is 12.3. The Morgan fingerprint density at radius 2 is 1.82 bits per heavy atom. The van der Waals surface area contributed by atoms with E-state index >= 15 is 0 Å². The quantitative estimate of drug-likeness (QED) is 0.881. The summed E-state index contributed by atoms with van der Waals surface area (Å²) in [5.41, 5.74) is 0.808. The van der Waals surface area contributed by atoms with Gasteiger partial charge in [-0.15, -0.1) is 0 Å². The number of halogens is 1. The number of ether oxygens (including phenoxy) is 2. The third kappa shape index (κ3) is 3.43. The van der Waals surface area contributed by atoms with E-state index in [4.69, 9.17) is 9.47 Å². The van der Waals surface area contributed by atoms with Crippen molar-refractivity contribution in [2.45, 2.75) is 11.4 Å². The van der Waals surface area contributed by atoms with E-state index in [1.165, 1.54) is 0 Å². The molecule has 0 atom stereocenters. The molecule has 0 fully saturated rings. The van der Waals surface area contributed by atoms with Gasteiger partial charge in [0.15, 0.2) is 11.5 Å². The second-order valence-electron chi connectivity index (χ2n) is 4.76. The number of nitrogens with one attached hydrogen (secondary N) is 1. The van der Waals surface area contributed by atoms with Crippen LogP contribution < -0.4 is 14.2 Å². The van der Waals surface area contributed by atoms with Gasteiger partial charge in [-0.05, 0) is 35.9 Å². The minimum atomic E-state index is -3.55. The predicted octanol–water partition coefficient (Wildman–Crippen LogP) is 2.70. The molecule has 7 heteroatoms. The van der Waals surface area contributed by atoms with Crippen molar-refractivity contribution in [3.63, 3.8) is 0 Å². The summed E-state index contributed by atoms with van der Waals surface area (Å²) in [7, 11) is -3.55. The number of fused-ring (bicyclic) bond motifs is 1. The van der Waals surface area contributed by atoms with Crippen molar-refractivity contribution in [2.75, 3.05) is 13.2 Å². The third-order valence-electron chi connectivity index (χ3n) is 3.18. The molecule has 22 heavy (non-hydrogen) atoms. The average Bonchev–Trinajstić information content (AvgIpc) is 2.53. The Balaban J connectivity index is 1.74. The van der Waals surface area contributed by atoms with Crippen LogP contribution >= 0.6 is 15.9 Å². The lowest BCUT2D eigenvalue weighted by molar-refractivity contribution is 0.171. The van der Waals surface area contributed by atoms with Gasteiger partial charge in [-0.3, -0.25) is 0 Å². The summed E-state index contributed by atoms with van der Waals surface area (Å²) in [5.74, 6) is 1.33. The summed E-state index contributed by atoms with van der Waals surface area (Å²) >= 11 is 3.27. The molecule has 0 aromatic heterocycles. The number of hydrogen-bond acceptors (Lipinski definition) is 4. The van der Waals surface area contributed by atoms with Gasteiger partial charge in [0.05, 0.1) is 4.90 Å². The fraction of sp³-hybridized carbons (Fsp3) is 0.200. The molecule has 1 aliphatic rings. The molecule has 5 nitrogen and oxygen atoms in total. The van der Waals surface area contributed by atoms with E-state index in [-0.39, 0.29) is 11.4 Å². The maximum Gasteiger partial charge on any atom is 0.240 e. The molecule has 0 saturated carbocycles. The second-order valence-corrected chi connectivity index (χ2v) is 7.44. The van der Waals surface area contributed by atoms with Crippen LogP contribution in [0.4, 0.5) is 0 Å². The normalized spacial score (nSPS) is 13.9. The Hall–Kier alpha value is -1.57. The number of benzene rings is 2. The SMILES string of the molecule is O=S(=O)(NCc1ccc2c(c1)OCCO2)c1cccc(Br)c1. The summed E-state index contributed by atoms with van der Waals surface area (Å²) in [4.78, 5) is 0.222. The third-order valence-corrected chi connectivity index (χ3v) is 5.07. The zero-order valence-electron chi connectivity index (χ0n) is 11.6. The lowest BCUT2D eigenvalue weighted by Gasteiger charge is -2.19. The molecule has 116 valence electrons. The lowest BCUT2D eigenvalue weighted by atomic mass is 10.2. The molecule has 0 bridgehead atoms. The molecule has 1 aliphatic heterocycles. The van der Waals surface area contributed by atoms with Crippen LogP contribution in [0.2, 0.25) is 0 Å². The topological polar surface area (TPSA) is 64.6 Å². The minimum Gasteiger partial charge on any atom is -0.486 e. The Morgan fingerprint density at radius 1 is 1.05 bits per heavy atom. The van der Waals surface area contributed by atoms with Crippen LogP contribution in [0.1, 0.15) is 5.56 Å². The van der Waals surface area contributed by atoms with Crippen LogP contribution in [0.15, 0.2) is 51.8 Å². The molecule has 0 spiro atoms. The Bertz CT molecular complexity index is 792. The van der Waals surface area contributed by atoms with Gasteiger partial charge in [0.2, 0.25) is 10.0 Å². The van der Waals surface area contributed by atoms with Gasteiger partial charge in [0.25, 0.3) is 0 Å². The zero-order chi connectivity index (χ0) is 15.6. The average molecular weight is 384 g/mol.